The molecule has 0 saturated heterocycles. The molecule has 12 heavy (non-hydrogen) atoms. The molecule has 2 rings (SSSR count). The highest BCUT2D eigenvalue weighted by Gasteiger charge is 2.02. The maximum Gasteiger partial charge on any atom is 0.170 e. The Hall–Kier alpha value is -0.950. The number of H-pyrrole nitrogens is 1. The van der Waals surface area contributed by atoms with Crippen molar-refractivity contribution in [1.82, 2.24) is 14.9 Å². The van der Waals surface area contributed by atoms with Gasteiger partial charge in [0.2, 0.25) is 0 Å². The van der Waals surface area contributed by atoms with Gasteiger partial charge < -0.3 is 4.72 Å². The molecule has 62 valence electrons. The molecule has 0 fully saturated rings. The molecule has 0 unspecified atom stereocenters. The van der Waals surface area contributed by atoms with Gasteiger partial charge in [0.25, 0.3) is 0 Å². The summed E-state index contributed by atoms with van der Waals surface area (Å²) >= 11 is 0. The van der Waals surface area contributed by atoms with E-state index in [0.29, 0.717) is 5.82 Å². The largest absolute Gasteiger partial charge is 0.303 e. The Morgan fingerprint density at radius 3 is 3.08 bits per heavy atom. The van der Waals surface area contributed by atoms with Crippen LogP contribution in [0.25, 0.3) is 0 Å². The molecular weight excluding hydrogens is 194 g/mol. The van der Waals surface area contributed by atoms with Crippen molar-refractivity contribution in [3.05, 3.63) is 23.5 Å². The van der Waals surface area contributed by atoms with Crippen molar-refractivity contribution in [2.75, 3.05) is 0 Å². The van der Waals surface area contributed by atoms with Crippen LogP contribution in [0.3, 0.4) is 0 Å². The molecule has 0 aliphatic carbocycles. The van der Waals surface area contributed by atoms with E-state index in [1.807, 2.05) is 5.41 Å². The molecule has 0 saturated carbocycles. The predicted octanol–water partition coefficient (Wildman–Crippen LogP) is 2.19. The minimum Gasteiger partial charge on any atom is -0.303 e. The van der Waals surface area contributed by atoms with Crippen molar-refractivity contribution >= 4 is 27.6 Å². The standard InChI is InChI=1S/C5H5N5S2/c1-2-6-7-4(1)8-9-5-3-11-12-10-5/h1-3,10H,(H,6,7). The first-order valence-corrected chi connectivity index (χ1v) is 5.36. The smallest absolute Gasteiger partial charge is 0.170 e. The summed E-state index contributed by atoms with van der Waals surface area (Å²) in [5, 5.41) is 16.1. The van der Waals surface area contributed by atoms with Crippen LogP contribution in [0.15, 0.2) is 33.7 Å². The highest BCUT2D eigenvalue weighted by molar-refractivity contribution is 8.77. The van der Waals surface area contributed by atoms with Gasteiger partial charge in [-0.15, -0.1) is 10.2 Å². The number of aromatic amines is 1. The molecule has 0 aromatic carbocycles. The Kier molecular flexibility index (Phi) is 2.33. The summed E-state index contributed by atoms with van der Waals surface area (Å²) in [4.78, 5) is 0. The van der Waals surface area contributed by atoms with E-state index in [9.17, 15) is 0 Å². The van der Waals surface area contributed by atoms with Gasteiger partial charge in [-0.05, 0) is 10.8 Å². The second-order valence-electron chi connectivity index (χ2n) is 1.93. The number of nitrogens with one attached hydrogen (secondary N) is 2. The lowest BCUT2D eigenvalue weighted by molar-refractivity contribution is 1.01. The molecular formula is C5H5N5S2. The van der Waals surface area contributed by atoms with Crippen LogP contribution in [0.4, 0.5) is 5.82 Å². The number of hydrogen-bond donors (Lipinski definition) is 2. The third-order valence-electron chi connectivity index (χ3n) is 1.11. The molecule has 1 aliphatic heterocycles. The summed E-state index contributed by atoms with van der Waals surface area (Å²) in [6.07, 6.45) is 1.63. The third kappa shape index (κ3) is 1.80. The summed E-state index contributed by atoms with van der Waals surface area (Å²) in [5.74, 6) is 1.42. The minimum atomic E-state index is 0.652. The van der Waals surface area contributed by atoms with Gasteiger partial charge in [-0.3, -0.25) is 5.10 Å². The van der Waals surface area contributed by atoms with Gasteiger partial charge in [-0.25, -0.2) is 0 Å². The van der Waals surface area contributed by atoms with E-state index in [1.165, 1.54) is 11.0 Å². The normalized spacial score (nSPS) is 16.5. The summed E-state index contributed by atoms with van der Waals surface area (Å²) in [5.41, 5.74) is 0. The number of aromatic nitrogens is 2. The first kappa shape index (κ1) is 7.69. The fourth-order valence-electron chi connectivity index (χ4n) is 0.616. The lowest BCUT2D eigenvalue weighted by atomic mass is 10.7. The summed E-state index contributed by atoms with van der Waals surface area (Å²) in [7, 11) is 3.10. The Morgan fingerprint density at radius 2 is 2.42 bits per heavy atom. The van der Waals surface area contributed by atoms with Crippen molar-refractivity contribution < 1.29 is 0 Å². The summed E-state index contributed by atoms with van der Waals surface area (Å²) < 4.78 is 2.97. The Labute approximate surface area is 76.6 Å². The minimum absolute atomic E-state index is 0.652. The lowest BCUT2D eigenvalue weighted by Crippen LogP contribution is -1.91. The summed E-state index contributed by atoms with van der Waals surface area (Å²) in [6, 6.07) is 1.75. The van der Waals surface area contributed by atoms with Crippen molar-refractivity contribution in [1.29, 1.82) is 0 Å². The predicted molar refractivity (Wildman–Crippen MR) is 49.5 cm³/mol. The van der Waals surface area contributed by atoms with Crippen LogP contribution in [-0.4, -0.2) is 10.2 Å². The fourth-order valence-corrected chi connectivity index (χ4v) is 1.99. The van der Waals surface area contributed by atoms with Crippen molar-refractivity contribution in [2.24, 2.45) is 10.2 Å². The first-order chi connectivity index (χ1) is 5.95. The van der Waals surface area contributed by atoms with Crippen LogP contribution in [-0.2, 0) is 0 Å². The Bertz CT molecular complexity index is 304. The first-order valence-electron chi connectivity index (χ1n) is 3.15. The van der Waals surface area contributed by atoms with E-state index in [-0.39, 0.29) is 0 Å². The number of nitrogens with zero attached hydrogens (tertiary/aromatic N) is 3. The molecule has 2 heterocycles. The average Bonchev–Trinajstić information content (AvgIpc) is 2.74. The van der Waals surface area contributed by atoms with Crippen molar-refractivity contribution in [3.63, 3.8) is 0 Å². The van der Waals surface area contributed by atoms with E-state index in [4.69, 9.17) is 0 Å². The van der Waals surface area contributed by atoms with Gasteiger partial charge in [0.1, 0.15) is 0 Å². The Morgan fingerprint density at radius 1 is 1.42 bits per heavy atom. The fraction of sp³-hybridized carbons (Fsp3) is 0. The van der Waals surface area contributed by atoms with Gasteiger partial charge in [0.15, 0.2) is 11.6 Å². The monoisotopic (exact) mass is 199 g/mol. The van der Waals surface area contributed by atoms with Crippen LogP contribution in [0, 0.1) is 0 Å². The molecule has 2 N–H and O–H groups in total. The van der Waals surface area contributed by atoms with Crippen LogP contribution < -0.4 is 4.72 Å². The molecule has 1 aromatic rings. The maximum atomic E-state index is 3.93. The zero-order valence-corrected chi connectivity index (χ0v) is 7.52. The second-order valence-corrected chi connectivity index (χ2v) is 3.80. The molecule has 0 bridgehead atoms. The van der Waals surface area contributed by atoms with E-state index < -0.39 is 0 Å². The zero-order chi connectivity index (χ0) is 8.23. The molecule has 7 heteroatoms. The Balaban J connectivity index is 2.02. The van der Waals surface area contributed by atoms with Gasteiger partial charge in [-0.2, -0.15) is 5.10 Å². The molecule has 0 spiro atoms. The topological polar surface area (TPSA) is 65.4 Å². The van der Waals surface area contributed by atoms with Gasteiger partial charge >= 0.3 is 0 Å². The summed E-state index contributed by atoms with van der Waals surface area (Å²) in [6.45, 7) is 0. The molecule has 1 aliphatic rings. The average molecular weight is 199 g/mol. The molecule has 5 nitrogen and oxygen atoms in total. The molecule has 0 radical (unpaired) electrons. The highest BCUT2D eigenvalue weighted by Crippen LogP contribution is 2.29. The van der Waals surface area contributed by atoms with E-state index in [0.717, 1.165) is 5.82 Å². The zero-order valence-electron chi connectivity index (χ0n) is 5.89. The van der Waals surface area contributed by atoms with Gasteiger partial charge in [-0.1, -0.05) is 0 Å². The lowest BCUT2D eigenvalue weighted by Gasteiger charge is -1.89. The second kappa shape index (κ2) is 3.63. The van der Waals surface area contributed by atoms with E-state index in [2.05, 4.69) is 25.1 Å². The van der Waals surface area contributed by atoms with E-state index >= 15 is 0 Å². The molecule has 0 amide bonds. The SMILES string of the molecule is C1=C(N=Nc2ccn[nH]2)NSS1. The number of azo groups is 1. The molecule has 1 aromatic heterocycles. The van der Waals surface area contributed by atoms with Gasteiger partial charge in [0, 0.05) is 22.5 Å². The highest BCUT2D eigenvalue weighted by atomic mass is 33.1. The number of rotatable bonds is 2. The third-order valence-corrected chi connectivity index (χ3v) is 2.64. The van der Waals surface area contributed by atoms with Crippen LogP contribution in [0.5, 0.6) is 0 Å². The maximum absolute atomic E-state index is 3.93. The number of hydrogen-bond acceptors (Lipinski definition) is 6. The molecule has 0 atom stereocenters. The van der Waals surface area contributed by atoms with E-state index in [1.54, 1.807) is 23.1 Å². The van der Waals surface area contributed by atoms with Crippen LogP contribution >= 0.6 is 21.8 Å². The van der Waals surface area contributed by atoms with Crippen molar-refractivity contribution in [3.8, 4) is 0 Å². The van der Waals surface area contributed by atoms with Gasteiger partial charge in [0.05, 0.1) is 6.20 Å². The van der Waals surface area contributed by atoms with Crippen LogP contribution in [0.2, 0.25) is 0 Å². The van der Waals surface area contributed by atoms with Crippen LogP contribution in [0.1, 0.15) is 0 Å². The quantitative estimate of drug-likeness (QED) is 0.435. The van der Waals surface area contributed by atoms with Crippen molar-refractivity contribution in [2.45, 2.75) is 0 Å².